The first-order valence-electron chi connectivity index (χ1n) is 10.1. The quantitative estimate of drug-likeness (QED) is 0.649. The molecule has 0 spiro atoms. The molecule has 1 saturated carbocycles. The Kier molecular flexibility index (Phi) is 4.83. The lowest BCUT2D eigenvalue weighted by Crippen LogP contribution is -2.46. The van der Waals surface area contributed by atoms with E-state index in [1.807, 2.05) is 24.4 Å². The van der Waals surface area contributed by atoms with E-state index in [9.17, 15) is 8.78 Å². The number of hydrogen-bond acceptors (Lipinski definition) is 5. The van der Waals surface area contributed by atoms with Crippen LogP contribution in [0.25, 0.3) is 10.8 Å². The molecule has 0 bridgehead atoms. The van der Waals surface area contributed by atoms with Crippen molar-refractivity contribution >= 4 is 16.6 Å². The van der Waals surface area contributed by atoms with Crippen LogP contribution in [-0.2, 0) is 6.54 Å². The van der Waals surface area contributed by atoms with Crippen molar-refractivity contribution in [2.24, 2.45) is 0 Å². The van der Waals surface area contributed by atoms with E-state index in [2.05, 4.69) is 36.9 Å². The highest BCUT2D eigenvalue weighted by Crippen LogP contribution is 2.39. The molecule has 1 saturated heterocycles. The third kappa shape index (κ3) is 3.92. The number of pyridine rings is 1. The number of rotatable bonds is 5. The summed E-state index contributed by atoms with van der Waals surface area (Å²) < 4.78 is 26.6. The third-order valence-corrected chi connectivity index (χ3v) is 5.74. The van der Waals surface area contributed by atoms with Gasteiger partial charge in [-0.15, -0.1) is 0 Å². The van der Waals surface area contributed by atoms with Crippen molar-refractivity contribution in [3.05, 3.63) is 59.8 Å². The van der Waals surface area contributed by atoms with Gasteiger partial charge >= 0.3 is 0 Å². The first-order chi connectivity index (χ1) is 14.2. The Morgan fingerprint density at radius 3 is 2.55 bits per heavy atom. The van der Waals surface area contributed by atoms with E-state index in [1.54, 1.807) is 0 Å². The molecule has 1 aliphatic heterocycles. The van der Waals surface area contributed by atoms with E-state index in [0.29, 0.717) is 11.6 Å². The highest BCUT2D eigenvalue weighted by molar-refractivity contribution is 5.84. The Morgan fingerprint density at radius 1 is 1.00 bits per heavy atom. The van der Waals surface area contributed by atoms with Gasteiger partial charge < -0.3 is 4.90 Å². The Morgan fingerprint density at radius 2 is 1.79 bits per heavy atom. The molecule has 1 aliphatic carbocycles. The molecule has 3 heterocycles. The minimum Gasteiger partial charge on any atom is -0.354 e. The van der Waals surface area contributed by atoms with Crippen molar-refractivity contribution in [2.75, 3.05) is 31.1 Å². The molecule has 0 unspecified atom stereocenters. The molecule has 150 valence electrons. The average Bonchev–Trinajstić information content (AvgIpc) is 3.60. The van der Waals surface area contributed by atoms with Crippen LogP contribution in [0.5, 0.6) is 0 Å². The fourth-order valence-corrected chi connectivity index (χ4v) is 3.92. The lowest BCUT2D eigenvalue weighted by molar-refractivity contribution is 0.145. The molecule has 2 aliphatic rings. The van der Waals surface area contributed by atoms with Crippen LogP contribution in [0.3, 0.4) is 0 Å². The zero-order chi connectivity index (χ0) is 19.8. The summed E-state index contributed by atoms with van der Waals surface area (Å²) in [5.74, 6) is 1.48. The zero-order valence-corrected chi connectivity index (χ0v) is 16.1. The second kappa shape index (κ2) is 7.63. The first-order valence-corrected chi connectivity index (χ1v) is 10.1. The molecule has 29 heavy (non-hydrogen) atoms. The molecule has 7 heteroatoms. The van der Waals surface area contributed by atoms with Gasteiger partial charge in [-0.25, -0.2) is 18.7 Å². The second-order valence-corrected chi connectivity index (χ2v) is 7.83. The van der Waals surface area contributed by atoms with Crippen LogP contribution in [-0.4, -0.2) is 46.0 Å². The Hall–Kier alpha value is -2.67. The van der Waals surface area contributed by atoms with Crippen LogP contribution in [0, 0.1) is 0 Å². The Balaban J connectivity index is 1.29. The Bertz CT molecular complexity index is 988. The van der Waals surface area contributed by atoms with Crippen LogP contribution >= 0.6 is 0 Å². The molecular formula is C22H23F2N5. The number of benzene rings is 1. The maximum Gasteiger partial charge on any atom is 0.280 e. The summed E-state index contributed by atoms with van der Waals surface area (Å²) in [5.41, 5.74) is 0.925. The monoisotopic (exact) mass is 395 g/mol. The largest absolute Gasteiger partial charge is 0.354 e. The minimum atomic E-state index is -2.56. The van der Waals surface area contributed by atoms with Gasteiger partial charge in [0, 0.05) is 56.3 Å². The summed E-state index contributed by atoms with van der Waals surface area (Å²) in [7, 11) is 0. The summed E-state index contributed by atoms with van der Waals surface area (Å²) in [5, 5.41) is 2.38. The van der Waals surface area contributed by atoms with E-state index < -0.39 is 6.43 Å². The van der Waals surface area contributed by atoms with Crippen molar-refractivity contribution in [3.63, 3.8) is 0 Å². The summed E-state index contributed by atoms with van der Waals surface area (Å²) in [6, 6.07) is 11.8. The number of nitrogens with zero attached hydrogens (tertiary/aromatic N) is 5. The summed E-state index contributed by atoms with van der Waals surface area (Å²) in [4.78, 5) is 17.7. The fourth-order valence-electron chi connectivity index (χ4n) is 3.92. The number of hydrogen-bond donors (Lipinski definition) is 0. The molecule has 0 atom stereocenters. The molecule has 0 amide bonds. The van der Waals surface area contributed by atoms with Crippen LogP contribution in [0.15, 0.2) is 42.6 Å². The maximum atomic E-state index is 13.3. The zero-order valence-electron chi connectivity index (χ0n) is 16.1. The van der Waals surface area contributed by atoms with Crippen molar-refractivity contribution in [3.8, 4) is 0 Å². The molecule has 3 aromatic rings. The van der Waals surface area contributed by atoms with Gasteiger partial charge in [-0.1, -0.05) is 24.3 Å². The van der Waals surface area contributed by atoms with E-state index in [-0.39, 0.29) is 11.6 Å². The molecule has 1 aromatic carbocycles. The van der Waals surface area contributed by atoms with Gasteiger partial charge in [0.25, 0.3) is 6.43 Å². The van der Waals surface area contributed by atoms with Gasteiger partial charge in [0.2, 0.25) is 0 Å². The lowest BCUT2D eigenvalue weighted by atomic mass is 10.1. The number of fused-ring (bicyclic) bond motifs is 1. The lowest BCUT2D eigenvalue weighted by Gasteiger charge is -2.35. The Labute approximate surface area is 168 Å². The number of aromatic nitrogens is 3. The van der Waals surface area contributed by atoms with Gasteiger partial charge in [0.1, 0.15) is 17.3 Å². The van der Waals surface area contributed by atoms with Gasteiger partial charge in [-0.2, -0.15) is 0 Å². The third-order valence-electron chi connectivity index (χ3n) is 5.74. The van der Waals surface area contributed by atoms with Crippen LogP contribution < -0.4 is 4.90 Å². The number of halogens is 2. The predicted octanol–water partition coefficient (Wildman–Crippen LogP) is 4.16. The van der Waals surface area contributed by atoms with E-state index >= 15 is 0 Å². The summed E-state index contributed by atoms with van der Waals surface area (Å²) in [6.07, 6.45) is 1.30. The smallest absolute Gasteiger partial charge is 0.280 e. The molecule has 0 radical (unpaired) electrons. The van der Waals surface area contributed by atoms with Crippen LogP contribution in [0.4, 0.5) is 14.6 Å². The molecule has 2 fully saturated rings. The summed E-state index contributed by atoms with van der Waals surface area (Å²) in [6.45, 7) is 3.99. The van der Waals surface area contributed by atoms with Gasteiger partial charge in [0.05, 0.1) is 5.69 Å². The first kappa shape index (κ1) is 18.4. The summed E-state index contributed by atoms with van der Waals surface area (Å²) >= 11 is 0. The number of anilines is 1. The molecule has 0 N–H and O–H groups in total. The topological polar surface area (TPSA) is 45.2 Å². The molecular weight excluding hydrogens is 372 g/mol. The van der Waals surface area contributed by atoms with E-state index in [1.165, 1.54) is 16.8 Å². The number of piperazine rings is 1. The highest BCUT2D eigenvalue weighted by Gasteiger charge is 2.29. The number of alkyl halides is 2. The normalized spacial score (nSPS) is 18.0. The average molecular weight is 395 g/mol. The minimum absolute atomic E-state index is 0.153. The second-order valence-electron chi connectivity index (χ2n) is 7.83. The van der Waals surface area contributed by atoms with Crippen molar-refractivity contribution in [1.82, 2.24) is 19.9 Å². The fraction of sp³-hybridized carbons (Fsp3) is 0.409. The standard InChI is InChI=1S/C22H23F2N5/c23-21(24)18-13-20(27-22(26-18)16-5-6-16)29-11-9-28(10-12-29)14-19-17-4-2-1-3-15(17)7-8-25-19/h1-4,7-8,13,16,21H,5-6,9-12,14H2. The predicted molar refractivity (Wildman–Crippen MR) is 108 cm³/mol. The van der Waals surface area contributed by atoms with Crippen molar-refractivity contribution in [1.29, 1.82) is 0 Å². The highest BCUT2D eigenvalue weighted by atomic mass is 19.3. The molecule has 5 nitrogen and oxygen atoms in total. The maximum absolute atomic E-state index is 13.3. The van der Waals surface area contributed by atoms with E-state index in [4.69, 9.17) is 0 Å². The van der Waals surface area contributed by atoms with Gasteiger partial charge in [0.15, 0.2) is 0 Å². The van der Waals surface area contributed by atoms with Gasteiger partial charge in [-0.05, 0) is 24.3 Å². The van der Waals surface area contributed by atoms with Crippen molar-refractivity contribution < 1.29 is 8.78 Å². The van der Waals surface area contributed by atoms with Crippen LogP contribution in [0.1, 0.15) is 42.4 Å². The van der Waals surface area contributed by atoms with Crippen LogP contribution in [0.2, 0.25) is 0 Å². The van der Waals surface area contributed by atoms with Crippen molar-refractivity contribution in [2.45, 2.75) is 31.7 Å². The van der Waals surface area contributed by atoms with Gasteiger partial charge in [-0.3, -0.25) is 9.88 Å². The van der Waals surface area contributed by atoms with E-state index in [0.717, 1.165) is 51.3 Å². The molecule has 5 rings (SSSR count). The molecule has 2 aromatic heterocycles. The SMILES string of the molecule is FC(F)c1cc(N2CCN(Cc3nccc4ccccc34)CC2)nc(C2CC2)n1.